The van der Waals surface area contributed by atoms with Gasteiger partial charge in [0.1, 0.15) is 18.1 Å². The van der Waals surface area contributed by atoms with Crippen LogP contribution in [0.25, 0.3) is 11.1 Å². The van der Waals surface area contributed by atoms with E-state index in [2.05, 4.69) is 6.58 Å². The van der Waals surface area contributed by atoms with E-state index in [4.69, 9.17) is 14.6 Å². The fourth-order valence-corrected chi connectivity index (χ4v) is 1.91. The largest absolute Gasteiger partial charge is 0.490 e. The van der Waals surface area contributed by atoms with Crippen molar-refractivity contribution in [3.63, 3.8) is 0 Å². The summed E-state index contributed by atoms with van der Waals surface area (Å²) in [6.45, 7) is 3.47. The summed E-state index contributed by atoms with van der Waals surface area (Å²) in [4.78, 5) is 11.5. The fourth-order valence-electron chi connectivity index (χ4n) is 1.91. The molecule has 4 nitrogen and oxygen atoms in total. The Morgan fingerprint density at radius 3 is 2.48 bits per heavy atom. The van der Waals surface area contributed by atoms with E-state index in [-0.39, 0.29) is 13.2 Å². The standard InChI is InChI=1S/C17H16O4/c1-2-16(19)21-15-10-6-9-14(20-12-11-18)17(15)13-7-4-3-5-8-13/h2-10,18H,1,11-12H2. The summed E-state index contributed by atoms with van der Waals surface area (Å²) < 4.78 is 10.8. The van der Waals surface area contributed by atoms with E-state index in [0.717, 1.165) is 11.6 Å². The molecule has 0 spiro atoms. The molecule has 0 aliphatic carbocycles. The van der Waals surface area contributed by atoms with Crippen LogP contribution in [0.2, 0.25) is 0 Å². The molecule has 0 radical (unpaired) electrons. The molecule has 0 heterocycles. The molecule has 0 bridgehead atoms. The number of carbonyl (C=O) groups excluding carboxylic acids is 1. The van der Waals surface area contributed by atoms with Crippen molar-refractivity contribution in [3.05, 3.63) is 61.2 Å². The van der Waals surface area contributed by atoms with E-state index in [1.807, 2.05) is 30.3 Å². The lowest BCUT2D eigenvalue weighted by atomic mass is 10.0. The zero-order valence-electron chi connectivity index (χ0n) is 11.5. The lowest BCUT2D eigenvalue weighted by molar-refractivity contribution is -0.128. The van der Waals surface area contributed by atoms with Gasteiger partial charge in [-0.05, 0) is 17.7 Å². The maximum atomic E-state index is 11.5. The van der Waals surface area contributed by atoms with Crippen molar-refractivity contribution in [1.82, 2.24) is 0 Å². The molecule has 2 aromatic carbocycles. The van der Waals surface area contributed by atoms with Gasteiger partial charge in [0.2, 0.25) is 0 Å². The van der Waals surface area contributed by atoms with E-state index in [9.17, 15) is 4.79 Å². The van der Waals surface area contributed by atoms with Gasteiger partial charge in [0, 0.05) is 6.08 Å². The Bertz CT molecular complexity index is 620. The summed E-state index contributed by atoms with van der Waals surface area (Å²) in [7, 11) is 0. The van der Waals surface area contributed by atoms with Crippen LogP contribution >= 0.6 is 0 Å². The minimum Gasteiger partial charge on any atom is -0.490 e. The SMILES string of the molecule is C=CC(=O)Oc1cccc(OCCO)c1-c1ccccc1. The summed E-state index contributed by atoms with van der Waals surface area (Å²) in [5.74, 6) is 0.401. The highest BCUT2D eigenvalue weighted by atomic mass is 16.5. The lowest BCUT2D eigenvalue weighted by Gasteiger charge is -2.14. The normalized spacial score (nSPS) is 9.95. The van der Waals surface area contributed by atoms with Gasteiger partial charge in [-0.1, -0.05) is 43.0 Å². The molecule has 0 unspecified atom stereocenters. The maximum absolute atomic E-state index is 11.5. The van der Waals surface area contributed by atoms with Gasteiger partial charge in [0.25, 0.3) is 0 Å². The van der Waals surface area contributed by atoms with Crippen LogP contribution in [0.5, 0.6) is 11.5 Å². The van der Waals surface area contributed by atoms with Gasteiger partial charge in [-0.25, -0.2) is 4.79 Å². The van der Waals surface area contributed by atoms with Crippen LogP contribution in [0.3, 0.4) is 0 Å². The van der Waals surface area contributed by atoms with E-state index in [1.165, 1.54) is 0 Å². The molecule has 2 rings (SSSR count). The summed E-state index contributed by atoms with van der Waals surface area (Å²) in [6.07, 6.45) is 1.11. The number of ether oxygens (including phenoxy) is 2. The van der Waals surface area contributed by atoms with Crippen molar-refractivity contribution in [2.24, 2.45) is 0 Å². The van der Waals surface area contributed by atoms with E-state index in [1.54, 1.807) is 18.2 Å². The van der Waals surface area contributed by atoms with Crippen molar-refractivity contribution in [2.75, 3.05) is 13.2 Å². The molecule has 21 heavy (non-hydrogen) atoms. The first-order valence-corrected chi connectivity index (χ1v) is 6.52. The van der Waals surface area contributed by atoms with Gasteiger partial charge in [-0.3, -0.25) is 0 Å². The van der Waals surface area contributed by atoms with E-state index >= 15 is 0 Å². The summed E-state index contributed by atoms with van der Waals surface area (Å²) in [6, 6.07) is 14.6. The average Bonchev–Trinajstić information content (AvgIpc) is 2.53. The average molecular weight is 284 g/mol. The van der Waals surface area contributed by atoms with Crippen LogP contribution in [0.1, 0.15) is 0 Å². The molecule has 1 N–H and O–H groups in total. The highest BCUT2D eigenvalue weighted by Crippen LogP contribution is 2.38. The quantitative estimate of drug-likeness (QED) is 0.503. The number of hydrogen-bond acceptors (Lipinski definition) is 4. The minimum absolute atomic E-state index is 0.0924. The van der Waals surface area contributed by atoms with Crippen LogP contribution in [-0.4, -0.2) is 24.3 Å². The number of rotatable bonds is 6. The number of carbonyl (C=O) groups is 1. The molecule has 0 atom stereocenters. The van der Waals surface area contributed by atoms with Gasteiger partial charge in [0.15, 0.2) is 0 Å². The highest BCUT2D eigenvalue weighted by Gasteiger charge is 2.14. The van der Waals surface area contributed by atoms with Gasteiger partial charge >= 0.3 is 5.97 Å². The summed E-state index contributed by atoms with van der Waals surface area (Å²) >= 11 is 0. The third-order valence-corrected chi connectivity index (χ3v) is 2.78. The molecule has 108 valence electrons. The van der Waals surface area contributed by atoms with Crippen molar-refractivity contribution < 1.29 is 19.4 Å². The van der Waals surface area contributed by atoms with E-state index < -0.39 is 5.97 Å². The molecular formula is C17H16O4. The third-order valence-electron chi connectivity index (χ3n) is 2.78. The summed E-state index contributed by atoms with van der Waals surface area (Å²) in [5.41, 5.74) is 1.53. The first kappa shape index (κ1) is 14.8. The fraction of sp³-hybridized carbons (Fsp3) is 0.118. The minimum atomic E-state index is -0.536. The molecule has 2 aromatic rings. The molecule has 0 aromatic heterocycles. The Kier molecular flexibility index (Phi) is 5.12. The first-order chi connectivity index (χ1) is 10.3. The Hall–Kier alpha value is -2.59. The second-order valence-electron chi connectivity index (χ2n) is 4.19. The van der Waals surface area contributed by atoms with Crippen molar-refractivity contribution >= 4 is 5.97 Å². The number of aliphatic hydroxyl groups excluding tert-OH is 1. The number of hydrogen-bond donors (Lipinski definition) is 1. The molecule has 0 amide bonds. The van der Waals surface area contributed by atoms with Gasteiger partial charge in [0.05, 0.1) is 12.2 Å². The van der Waals surface area contributed by atoms with Crippen molar-refractivity contribution in [1.29, 1.82) is 0 Å². The third kappa shape index (κ3) is 3.70. The predicted molar refractivity (Wildman–Crippen MR) is 80.3 cm³/mol. The first-order valence-electron chi connectivity index (χ1n) is 6.52. The second kappa shape index (κ2) is 7.26. The summed E-state index contributed by atoms with van der Waals surface area (Å²) in [5, 5.41) is 8.92. The number of esters is 1. The molecular weight excluding hydrogens is 268 g/mol. The number of aliphatic hydroxyl groups is 1. The van der Waals surface area contributed by atoms with Crippen LogP contribution < -0.4 is 9.47 Å². The smallest absolute Gasteiger partial charge is 0.335 e. The predicted octanol–water partition coefficient (Wildman–Crippen LogP) is 2.82. The van der Waals surface area contributed by atoms with Crippen LogP contribution in [0.4, 0.5) is 0 Å². The maximum Gasteiger partial charge on any atom is 0.335 e. The Morgan fingerprint density at radius 2 is 1.81 bits per heavy atom. The molecule has 0 fully saturated rings. The van der Waals surface area contributed by atoms with Crippen LogP contribution in [-0.2, 0) is 4.79 Å². The lowest BCUT2D eigenvalue weighted by Crippen LogP contribution is -2.07. The molecule has 0 saturated heterocycles. The van der Waals surface area contributed by atoms with Crippen molar-refractivity contribution in [2.45, 2.75) is 0 Å². The molecule has 4 heteroatoms. The Morgan fingerprint density at radius 1 is 1.10 bits per heavy atom. The van der Waals surface area contributed by atoms with Gasteiger partial charge in [-0.2, -0.15) is 0 Å². The molecule has 0 aliphatic heterocycles. The Balaban J connectivity index is 2.49. The zero-order chi connectivity index (χ0) is 15.1. The zero-order valence-corrected chi connectivity index (χ0v) is 11.5. The van der Waals surface area contributed by atoms with Gasteiger partial charge in [-0.15, -0.1) is 0 Å². The monoisotopic (exact) mass is 284 g/mol. The molecule has 0 aliphatic rings. The topological polar surface area (TPSA) is 55.8 Å². The van der Waals surface area contributed by atoms with E-state index in [0.29, 0.717) is 17.1 Å². The number of benzene rings is 2. The Labute approximate surface area is 123 Å². The van der Waals surface area contributed by atoms with Crippen LogP contribution in [0.15, 0.2) is 61.2 Å². The van der Waals surface area contributed by atoms with Gasteiger partial charge < -0.3 is 14.6 Å². The highest BCUT2D eigenvalue weighted by molar-refractivity contribution is 5.86. The van der Waals surface area contributed by atoms with Crippen molar-refractivity contribution in [3.8, 4) is 22.6 Å². The molecule has 0 saturated carbocycles. The second-order valence-corrected chi connectivity index (χ2v) is 4.19. The van der Waals surface area contributed by atoms with Crippen LogP contribution in [0, 0.1) is 0 Å².